The van der Waals surface area contributed by atoms with Crippen LogP contribution in [-0.2, 0) is 11.3 Å². The normalized spacial score (nSPS) is 14.1. The lowest BCUT2D eigenvalue weighted by molar-refractivity contribution is -0.132. The molecule has 4 rings (SSSR count). The van der Waals surface area contributed by atoms with Crippen molar-refractivity contribution in [1.29, 1.82) is 0 Å². The van der Waals surface area contributed by atoms with Gasteiger partial charge in [0, 0.05) is 48.5 Å². The Balaban J connectivity index is 1.34. The molecule has 0 saturated carbocycles. The van der Waals surface area contributed by atoms with Gasteiger partial charge in [-0.2, -0.15) is 4.80 Å². The Morgan fingerprint density at radius 2 is 1.86 bits per heavy atom. The zero-order valence-electron chi connectivity index (χ0n) is 16.0. The van der Waals surface area contributed by atoms with Gasteiger partial charge in [-0.1, -0.05) is 17.7 Å². The largest absolute Gasteiger partial charge is 0.497 e. The highest BCUT2D eigenvalue weighted by Gasteiger charge is 2.22. The van der Waals surface area contributed by atoms with Crippen LogP contribution in [0.3, 0.4) is 0 Å². The number of anilines is 1. The molecule has 8 nitrogen and oxygen atoms in total. The molecule has 0 aliphatic carbocycles. The van der Waals surface area contributed by atoms with Gasteiger partial charge in [-0.05, 0) is 41.6 Å². The molecule has 0 spiro atoms. The summed E-state index contributed by atoms with van der Waals surface area (Å²) in [5.74, 6) is 1.28. The van der Waals surface area contributed by atoms with Crippen molar-refractivity contribution in [2.75, 3.05) is 38.2 Å². The third-order valence-corrected chi connectivity index (χ3v) is 5.13. The van der Waals surface area contributed by atoms with E-state index in [-0.39, 0.29) is 12.5 Å². The van der Waals surface area contributed by atoms with E-state index in [0.29, 0.717) is 23.9 Å². The third-order valence-electron chi connectivity index (χ3n) is 4.88. The number of halogens is 1. The number of rotatable bonds is 5. The average molecular weight is 413 g/mol. The van der Waals surface area contributed by atoms with Crippen LogP contribution >= 0.6 is 11.6 Å². The Hall–Kier alpha value is -3.13. The molecule has 3 aromatic rings. The first kappa shape index (κ1) is 19.2. The van der Waals surface area contributed by atoms with Crippen LogP contribution in [0.15, 0.2) is 48.5 Å². The summed E-state index contributed by atoms with van der Waals surface area (Å²) in [5.41, 5.74) is 1.90. The zero-order valence-corrected chi connectivity index (χ0v) is 16.8. The molecule has 1 aliphatic heterocycles. The fraction of sp³-hybridized carbons (Fsp3) is 0.300. The predicted molar refractivity (Wildman–Crippen MR) is 110 cm³/mol. The standard InChI is InChI=1S/C20H21ClN6O2/c1-29-18-4-2-3-17(13-18)25-9-11-26(12-10-25)19(28)14-27-23-20(22-24-27)15-5-7-16(21)8-6-15/h2-8,13H,9-12,14H2,1H3. The quantitative estimate of drug-likeness (QED) is 0.640. The van der Waals surface area contributed by atoms with Gasteiger partial charge in [0.2, 0.25) is 11.7 Å². The van der Waals surface area contributed by atoms with Gasteiger partial charge in [0.25, 0.3) is 0 Å². The topological polar surface area (TPSA) is 76.4 Å². The van der Waals surface area contributed by atoms with E-state index >= 15 is 0 Å². The van der Waals surface area contributed by atoms with Crippen molar-refractivity contribution < 1.29 is 9.53 Å². The molecular formula is C20H21ClN6O2. The number of methoxy groups -OCH3 is 1. The number of amides is 1. The molecule has 29 heavy (non-hydrogen) atoms. The molecular weight excluding hydrogens is 392 g/mol. The van der Waals surface area contributed by atoms with E-state index in [1.807, 2.05) is 35.2 Å². The number of nitrogens with zero attached hydrogens (tertiary/aromatic N) is 6. The van der Waals surface area contributed by atoms with Crippen LogP contribution in [0, 0.1) is 0 Å². The minimum absolute atomic E-state index is 0.0182. The molecule has 0 unspecified atom stereocenters. The van der Waals surface area contributed by atoms with Crippen molar-refractivity contribution in [3.05, 3.63) is 53.6 Å². The number of aromatic nitrogens is 4. The molecule has 0 radical (unpaired) electrons. The van der Waals surface area contributed by atoms with Crippen molar-refractivity contribution in [2.24, 2.45) is 0 Å². The molecule has 1 saturated heterocycles. The first-order valence-electron chi connectivity index (χ1n) is 9.33. The van der Waals surface area contributed by atoms with Crippen LogP contribution in [0.5, 0.6) is 5.75 Å². The van der Waals surface area contributed by atoms with E-state index in [1.165, 1.54) is 4.80 Å². The molecule has 2 aromatic carbocycles. The second-order valence-electron chi connectivity index (χ2n) is 6.72. The Labute approximate surface area is 173 Å². The average Bonchev–Trinajstić information content (AvgIpc) is 3.23. The van der Waals surface area contributed by atoms with Crippen LogP contribution in [0.4, 0.5) is 5.69 Å². The maximum Gasteiger partial charge on any atom is 0.246 e. The number of benzene rings is 2. The summed E-state index contributed by atoms with van der Waals surface area (Å²) in [6.07, 6.45) is 0. The van der Waals surface area contributed by atoms with Crippen LogP contribution in [0.1, 0.15) is 0 Å². The molecule has 2 heterocycles. The summed E-state index contributed by atoms with van der Waals surface area (Å²) >= 11 is 5.90. The van der Waals surface area contributed by atoms with E-state index in [1.54, 1.807) is 19.2 Å². The van der Waals surface area contributed by atoms with Crippen LogP contribution < -0.4 is 9.64 Å². The summed E-state index contributed by atoms with van der Waals surface area (Å²) in [6.45, 7) is 2.89. The van der Waals surface area contributed by atoms with Gasteiger partial charge in [-0.3, -0.25) is 4.79 Å². The lowest BCUT2D eigenvalue weighted by Crippen LogP contribution is -2.49. The Morgan fingerprint density at radius 3 is 2.59 bits per heavy atom. The summed E-state index contributed by atoms with van der Waals surface area (Å²) in [6, 6.07) is 15.1. The molecule has 0 bridgehead atoms. The Kier molecular flexibility index (Phi) is 5.62. The second kappa shape index (κ2) is 8.48. The summed E-state index contributed by atoms with van der Waals surface area (Å²) in [4.78, 5) is 18.1. The smallest absolute Gasteiger partial charge is 0.246 e. The minimum atomic E-state index is -0.0182. The molecule has 1 fully saturated rings. The van der Waals surface area contributed by atoms with Crippen molar-refractivity contribution in [3.63, 3.8) is 0 Å². The lowest BCUT2D eigenvalue weighted by atomic mass is 10.2. The fourth-order valence-electron chi connectivity index (χ4n) is 3.27. The summed E-state index contributed by atoms with van der Waals surface area (Å²) < 4.78 is 5.29. The predicted octanol–water partition coefficient (Wildman–Crippen LogP) is 2.35. The SMILES string of the molecule is COc1cccc(N2CCN(C(=O)Cn3nnc(-c4ccc(Cl)cc4)n3)CC2)c1. The molecule has 0 atom stereocenters. The van der Waals surface area contributed by atoms with Gasteiger partial charge in [0.15, 0.2) is 0 Å². The van der Waals surface area contributed by atoms with Gasteiger partial charge in [0.05, 0.1) is 7.11 Å². The first-order valence-corrected chi connectivity index (χ1v) is 9.71. The van der Waals surface area contributed by atoms with Crippen molar-refractivity contribution in [2.45, 2.75) is 6.54 Å². The number of hydrogen-bond acceptors (Lipinski definition) is 6. The zero-order chi connectivity index (χ0) is 20.2. The van der Waals surface area contributed by atoms with E-state index in [4.69, 9.17) is 16.3 Å². The van der Waals surface area contributed by atoms with Crippen molar-refractivity contribution >= 4 is 23.2 Å². The van der Waals surface area contributed by atoms with Gasteiger partial charge < -0.3 is 14.5 Å². The van der Waals surface area contributed by atoms with Crippen molar-refractivity contribution in [3.8, 4) is 17.1 Å². The van der Waals surface area contributed by atoms with Gasteiger partial charge in [0.1, 0.15) is 12.3 Å². The monoisotopic (exact) mass is 412 g/mol. The molecule has 1 amide bonds. The highest BCUT2D eigenvalue weighted by atomic mass is 35.5. The van der Waals surface area contributed by atoms with Crippen LogP contribution in [0.2, 0.25) is 5.02 Å². The second-order valence-corrected chi connectivity index (χ2v) is 7.16. The van der Waals surface area contributed by atoms with Crippen LogP contribution in [0.25, 0.3) is 11.4 Å². The third kappa shape index (κ3) is 4.48. The Bertz CT molecular complexity index is 983. The summed E-state index contributed by atoms with van der Waals surface area (Å²) in [7, 11) is 1.66. The molecule has 1 aromatic heterocycles. The number of carbonyl (C=O) groups is 1. The van der Waals surface area contributed by atoms with Gasteiger partial charge in [-0.25, -0.2) is 0 Å². The lowest BCUT2D eigenvalue weighted by Gasteiger charge is -2.36. The van der Waals surface area contributed by atoms with E-state index in [0.717, 1.165) is 30.1 Å². The highest BCUT2D eigenvalue weighted by Crippen LogP contribution is 2.22. The van der Waals surface area contributed by atoms with Gasteiger partial charge >= 0.3 is 0 Å². The fourth-order valence-corrected chi connectivity index (χ4v) is 3.39. The number of tetrazole rings is 1. The maximum absolute atomic E-state index is 12.6. The molecule has 9 heteroatoms. The van der Waals surface area contributed by atoms with E-state index in [2.05, 4.69) is 26.4 Å². The van der Waals surface area contributed by atoms with E-state index in [9.17, 15) is 4.79 Å². The summed E-state index contributed by atoms with van der Waals surface area (Å²) in [5, 5.41) is 13.0. The molecule has 1 aliphatic rings. The van der Waals surface area contributed by atoms with Gasteiger partial charge in [-0.15, -0.1) is 10.2 Å². The van der Waals surface area contributed by atoms with Crippen LogP contribution in [-0.4, -0.2) is 64.3 Å². The number of piperazine rings is 1. The van der Waals surface area contributed by atoms with Crippen molar-refractivity contribution in [1.82, 2.24) is 25.1 Å². The number of carbonyl (C=O) groups excluding carboxylic acids is 1. The van der Waals surface area contributed by atoms with E-state index < -0.39 is 0 Å². The molecule has 150 valence electrons. The minimum Gasteiger partial charge on any atom is -0.497 e. The number of hydrogen-bond donors (Lipinski definition) is 0. The first-order chi connectivity index (χ1) is 14.1. The maximum atomic E-state index is 12.6. The molecule has 0 N–H and O–H groups in total. The highest BCUT2D eigenvalue weighted by molar-refractivity contribution is 6.30. The number of ether oxygens (including phenoxy) is 1. The Morgan fingerprint density at radius 1 is 1.10 bits per heavy atom.